The van der Waals surface area contributed by atoms with Crippen LogP contribution in [0.5, 0.6) is 5.88 Å². The summed E-state index contributed by atoms with van der Waals surface area (Å²) in [7, 11) is 0. The third kappa shape index (κ3) is 3.73. The largest absolute Gasteiger partial charge is 0.477 e. The first-order valence-electron chi connectivity index (χ1n) is 6.81. The molecule has 0 fully saturated rings. The number of nitrogens with one attached hydrogen (secondary N) is 1. The minimum Gasteiger partial charge on any atom is -0.477 e. The van der Waals surface area contributed by atoms with E-state index < -0.39 is 0 Å². The summed E-state index contributed by atoms with van der Waals surface area (Å²) in [5, 5.41) is 11.7. The molecule has 1 amide bonds. The molecule has 112 valence electrons. The molecule has 1 aromatic carbocycles. The lowest BCUT2D eigenvalue weighted by Crippen LogP contribution is -2.16. The van der Waals surface area contributed by atoms with E-state index in [0.29, 0.717) is 6.61 Å². The first kappa shape index (κ1) is 15.3. The van der Waals surface area contributed by atoms with Crippen LogP contribution in [-0.2, 0) is 11.2 Å². The molecule has 6 heteroatoms. The average molecular weight is 296 g/mol. The van der Waals surface area contributed by atoms with Gasteiger partial charge in [0, 0.05) is 6.07 Å². The van der Waals surface area contributed by atoms with Gasteiger partial charge in [0.2, 0.25) is 11.8 Å². The van der Waals surface area contributed by atoms with Gasteiger partial charge in [-0.15, -0.1) is 0 Å². The second-order valence-corrected chi connectivity index (χ2v) is 4.53. The van der Waals surface area contributed by atoms with Crippen LogP contribution in [0.2, 0.25) is 0 Å². The number of benzene rings is 1. The quantitative estimate of drug-likeness (QED) is 0.880. The second kappa shape index (κ2) is 7.09. The minimum atomic E-state index is -0.217. The number of nitriles is 1. The van der Waals surface area contributed by atoms with E-state index in [4.69, 9.17) is 15.7 Å². The summed E-state index contributed by atoms with van der Waals surface area (Å²) >= 11 is 0. The number of amides is 1. The summed E-state index contributed by atoms with van der Waals surface area (Å²) in [6, 6.07) is 12.8. The van der Waals surface area contributed by atoms with Crippen LogP contribution in [0.25, 0.3) is 0 Å². The highest BCUT2D eigenvalue weighted by molar-refractivity contribution is 5.92. The summed E-state index contributed by atoms with van der Waals surface area (Å²) in [5.41, 5.74) is 7.08. The normalized spacial score (nSPS) is 9.82. The number of nitrogens with zero attached hydrogens (tertiary/aromatic N) is 2. The Morgan fingerprint density at radius 3 is 2.77 bits per heavy atom. The van der Waals surface area contributed by atoms with Crippen molar-refractivity contribution in [3.05, 3.63) is 47.5 Å². The molecule has 2 rings (SSSR count). The Kier molecular flexibility index (Phi) is 4.94. The summed E-state index contributed by atoms with van der Waals surface area (Å²) in [5.74, 6) is 0.172. The SMILES string of the molecule is CCOc1nc(NC(=O)Cc2ccccc2)cc(N)c1C#N. The highest BCUT2D eigenvalue weighted by Gasteiger charge is 2.13. The molecule has 0 aliphatic rings. The smallest absolute Gasteiger partial charge is 0.235 e. The van der Waals surface area contributed by atoms with Gasteiger partial charge in [-0.1, -0.05) is 30.3 Å². The molecule has 2 aromatic rings. The molecule has 3 N–H and O–H groups in total. The van der Waals surface area contributed by atoms with Gasteiger partial charge in [0.1, 0.15) is 17.5 Å². The van der Waals surface area contributed by atoms with Crippen molar-refractivity contribution in [2.45, 2.75) is 13.3 Å². The van der Waals surface area contributed by atoms with Crippen LogP contribution in [0.4, 0.5) is 11.5 Å². The molecule has 1 aromatic heterocycles. The molecule has 0 aliphatic carbocycles. The number of ether oxygens (including phenoxy) is 1. The van der Waals surface area contributed by atoms with E-state index in [2.05, 4.69) is 10.3 Å². The van der Waals surface area contributed by atoms with Crippen molar-refractivity contribution in [1.29, 1.82) is 5.26 Å². The van der Waals surface area contributed by atoms with E-state index in [1.807, 2.05) is 36.4 Å². The molecule has 1 heterocycles. The molecule has 0 saturated carbocycles. The zero-order valence-corrected chi connectivity index (χ0v) is 12.2. The van der Waals surface area contributed by atoms with E-state index in [9.17, 15) is 4.79 Å². The van der Waals surface area contributed by atoms with Gasteiger partial charge in [-0.25, -0.2) is 0 Å². The van der Waals surface area contributed by atoms with Gasteiger partial charge in [0.05, 0.1) is 18.7 Å². The second-order valence-electron chi connectivity index (χ2n) is 4.53. The molecule has 22 heavy (non-hydrogen) atoms. The fourth-order valence-electron chi connectivity index (χ4n) is 1.93. The van der Waals surface area contributed by atoms with Crippen LogP contribution in [-0.4, -0.2) is 17.5 Å². The number of nitrogen functional groups attached to an aromatic ring is 1. The number of nitrogens with two attached hydrogens (primary N) is 1. The van der Waals surface area contributed by atoms with Gasteiger partial charge < -0.3 is 15.8 Å². The Bertz CT molecular complexity index is 708. The highest BCUT2D eigenvalue weighted by Crippen LogP contribution is 2.25. The molecule has 0 bridgehead atoms. The molecule has 0 spiro atoms. The first-order valence-corrected chi connectivity index (χ1v) is 6.81. The lowest BCUT2D eigenvalue weighted by Gasteiger charge is -2.10. The molecule has 0 radical (unpaired) electrons. The third-order valence-corrected chi connectivity index (χ3v) is 2.88. The lowest BCUT2D eigenvalue weighted by atomic mass is 10.1. The fourth-order valence-corrected chi connectivity index (χ4v) is 1.93. The van der Waals surface area contributed by atoms with E-state index in [-0.39, 0.29) is 35.3 Å². The van der Waals surface area contributed by atoms with Crippen molar-refractivity contribution in [2.24, 2.45) is 0 Å². The number of pyridine rings is 1. The van der Waals surface area contributed by atoms with Gasteiger partial charge in [0.25, 0.3) is 0 Å². The maximum absolute atomic E-state index is 12.0. The van der Waals surface area contributed by atoms with Crippen LogP contribution >= 0.6 is 0 Å². The fraction of sp³-hybridized carbons (Fsp3) is 0.188. The minimum absolute atomic E-state index is 0.125. The Morgan fingerprint density at radius 1 is 1.41 bits per heavy atom. The van der Waals surface area contributed by atoms with Crippen molar-refractivity contribution in [1.82, 2.24) is 4.98 Å². The van der Waals surface area contributed by atoms with Crippen molar-refractivity contribution < 1.29 is 9.53 Å². The Morgan fingerprint density at radius 2 is 2.14 bits per heavy atom. The number of hydrogen-bond donors (Lipinski definition) is 2. The summed E-state index contributed by atoms with van der Waals surface area (Å²) in [4.78, 5) is 16.1. The van der Waals surface area contributed by atoms with Crippen molar-refractivity contribution in [2.75, 3.05) is 17.7 Å². The van der Waals surface area contributed by atoms with Crippen LogP contribution < -0.4 is 15.8 Å². The molecular formula is C16H16N4O2. The first-order chi connectivity index (χ1) is 10.6. The van der Waals surface area contributed by atoms with Crippen LogP contribution in [0.15, 0.2) is 36.4 Å². The van der Waals surface area contributed by atoms with Crippen LogP contribution in [0.3, 0.4) is 0 Å². The van der Waals surface area contributed by atoms with Crippen LogP contribution in [0, 0.1) is 11.3 Å². The van der Waals surface area contributed by atoms with E-state index in [1.165, 1.54) is 6.07 Å². The number of rotatable bonds is 5. The van der Waals surface area contributed by atoms with E-state index in [0.717, 1.165) is 5.56 Å². The van der Waals surface area contributed by atoms with Crippen molar-refractivity contribution in [3.8, 4) is 11.9 Å². The van der Waals surface area contributed by atoms with Gasteiger partial charge in [-0.2, -0.15) is 10.2 Å². The number of aromatic nitrogens is 1. The Balaban J connectivity index is 2.16. The lowest BCUT2D eigenvalue weighted by molar-refractivity contribution is -0.115. The maximum Gasteiger partial charge on any atom is 0.235 e. The molecular weight excluding hydrogens is 280 g/mol. The third-order valence-electron chi connectivity index (χ3n) is 2.88. The molecule has 0 unspecified atom stereocenters. The maximum atomic E-state index is 12.0. The average Bonchev–Trinajstić information content (AvgIpc) is 2.48. The van der Waals surface area contributed by atoms with Crippen molar-refractivity contribution >= 4 is 17.4 Å². The van der Waals surface area contributed by atoms with Crippen molar-refractivity contribution in [3.63, 3.8) is 0 Å². The summed E-state index contributed by atoms with van der Waals surface area (Å²) in [6.07, 6.45) is 0.229. The topological polar surface area (TPSA) is 101 Å². The highest BCUT2D eigenvalue weighted by atomic mass is 16.5. The van der Waals surface area contributed by atoms with Gasteiger partial charge in [-0.05, 0) is 12.5 Å². The Labute approximate surface area is 128 Å². The zero-order valence-electron chi connectivity index (χ0n) is 12.2. The standard InChI is InChI=1S/C16H16N4O2/c1-2-22-16-12(10-17)13(18)9-14(20-16)19-15(21)8-11-6-4-3-5-7-11/h3-7,9H,2,8H2,1H3,(H3,18,19,20,21). The monoisotopic (exact) mass is 296 g/mol. The van der Waals surface area contributed by atoms with Crippen LogP contribution in [0.1, 0.15) is 18.1 Å². The number of carbonyl (C=O) groups excluding carboxylic acids is 1. The number of carbonyl (C=O) groups is 1. The van der Waals surface area contributed by atoms with E-state index in [1.54, 1.807) is 6.92 Å². The Hall–Kier alpha value is -3.07. The van der Waals surface area contributed by atoms with Gasteiger partial charge >= 0.3 is 0 Å². The zero-order chi connectivity index (χ0) is 15.9. The van der Waals surface area contributed by atoms with Gasteiger partial charge in [0.15, 0.2) is 0 Å². The summed E-state index contributed by atoms with van der Waals surface area (Å²) in [6.45, 7) is 2.13. The van der Waals surface area contributed by atoms with E-state index >= 15 is 0 Å². The predicted molar refractivity (Wildman–Crippen MR) is 83.3 cm³/mol. The molecule has 0 saturated heterocycles. The summed E-state index contributed by atoms with van der Waals surface area (Å²) < 4.78 is 5.28. The molecule has 6 nitrogen and oxygen atoms in total. The molecule has 0 atom stereocenters. The van der Waals surface area contributed by atoms with Gasteiger partial charge in [-0.3, -0.25) is 4.79 Å². The predicted octanol–water partition coefficient (Wildman–Crippen LogP) is 2.12. The molecule has 0 aliphatic heterocycles. The number of hydrogen-bond acceptors (Lipinski definition) is 5. The number of anilines is 2.